The summed E-state index contributed by atoms with van der Waals surface area (Å²) < 4.78 is 5.21. The first-order valence-corrected chi connectivity index (χ1v) is 5.66. The molecule has 0 spiro atoms. The minimum Gasteiger partial charge on any atom is -0.464 e. The van der Waals surface area contributed by atoms with Gasteiger partial charge in [0.25, 0.3) is 0 Å². The van der Waals surface area contributed by atoms with E-state index in [0.29, 0.717) is 16.9 Å². The van der Waals surface area contributed by atoms with Gasteiger partial charge in [0.1, 0.15) is 0 Å². The highest BCUT2D eigenvalue weighted by atomic mass is 32.2. The third kappa shape index (κ3) is 3.04. The zero-order valence-corrected chi connectivity index (χ0v) is 9.86. The number of nitrogens with one attached hydrogen (secondary N) is 2. The fourth-order valence-electron chi connectivity index (χ4n) is 1.03. The van der Waals surface area contributed by atoms with Crippen LogP contribution in [-0.2, 0) is 0 Å². The molecule has 90 valence electrons. The Morgan fingerprint density at radius 3 is 3.00 bits per heavy atom. The SMILES string of the molecule is CCOc1nc(NN)nc(Sc2ncc[nH]2)n1. The number of anilines is 1. The molecule has 2 heterocycles. The van der Waals surface area contributed by atoms with Crippen molar-refractivity contribution in [2.45, 2.75) is 17.2 Å². The van der Waals surface area contributed by atoms with Crippen LogP contribution in [0, 0.1) is 0 Å². The summed E-state index contributed by atoms with van der Waals surface area (Å²) in [5, 5.41) is 1.13. The van der Waals surface area contributed by atoms with E-state index in [1.54, 1.807) is 12.4 Å². The number of ether oxygens (including phenoxy) is 1. The predicted octanol–water partition coefficient (Wildman–Crippen LogP) is 0.430. The monoisotopic (exact) mass is 253 g/mol. The Labute approximate surface area is 101 Å². The van der Waals surface area contributed by atoms with Gasteiger partial charge in [-0.15, -0.1) is 0 Å². The highest BCUT2D eigenvalue weighted by Gasteiger charge is 2.09. The highest BCUT2D eigenvalue weighted by Crippen LogP contribution is 2.22. The molecular weight excluding hydrogens is 242 g/mol. The van der Waals surface area contributed by atoms with Crippen LogP contribution < -0.4 is 16.0 Å². The van der Waals surface area contributed by atoms with Gasteiger partial charge in [0.15, 0.2) is 5.16 Å². The fraction of sp³-hybridized carbons (Fsp3) is 0.250. The summed E-state index contributed by atoms with van der Waals surface area (Å²) in [4.78, 5) is 19.1. The number of aromatic amines is 1. The molecule has 0 radical (unpaired) electrons. The second kappa shape index (κ2) is 5.46. The van der Waals surface area contributed by atoms with Gasteiger partial charge < -0.3 is 9.72 Å². The summed E-state index contributed by atoms with van der Waals surface area (Å²) >= 11 is 1.26. The molecule has 4 N–H and O–H groups in total. The number of imidazole rings is 1. The lowest BCUT2D eigenvalue weighted by Gasteiger charge is -2.05. The summed E-state index contributed by atoms with van der Waals surface area (Å²) in [6, 6.07) is 0.226. The van der Waals surface area contributed by atoms with Gasteiger partial charge in [0, 0.05) is 12.4 Å². The molecule has 0 atom stereocenters. The number of nitrogen functional groups attached to an aromatic ring is 1. The lowest BCUT2D eigenvalue weighted by Crippen LogP contribution is -2.12. The topological polar surface area (TPSA) is 115 Å². The zero-order chi connectivity index (χ0) is 12.1. The first-order valence-electron chi connectivity index (χ1n) is 4.84. The number of nitrogens with two attached hydrogens (primary N) is 1. The van der Waals surface area contributed by atoms with Gasteiger partial charge in [0.05, 0.1) is 6.61 Å². The smallest absolute Gasteiger partial charge is 0.322 e. The first kappa shape index (κ1) is 11.6. The minimum atomic E-state index is 0.226. The van der Waals surface area contributed by atoms with Crippen LogP contribution in [0.2, 0.25) is 0 Å². The molecule has 0 fully saturated rings. The van der Waals surface area contributed by atoms with E-state index in [1.807, 2.05) is 6.92 Å². The number of aromatic nitrogens is 5. The molecule has 9 heteroatoms. The highest BCUT2D eigenvalue weighted by molar-refractivity contribution is 7.99. The van der Waals surface area contributed by atoms with Gasteiger partial charge in [-0.25, -0.2) is 10.8 Å². The summed E-state index contributed by atoms with van der Waals surface area (Å²) in [7, 11) is 0. The Kier molecular flexibility index (Phi) is 3.73. The standard InChI is InChI=1S/C8H11N7OS/c1-2-16-6-12-5(15-9)13-8(14-6)17-7-10-3-4-11-7/h3-4H,2,9H2,1H3,(H,10,11)(H,12,13,14,15). The minimum absolute atomic E-state index is 0.226. The number of rotatable bonds is 5. The van der Waals surface area contributed by atoms with Crippen molar-refractivity contribution in [3.05, 3.63) is 12.4 Å². The molecular formula is C8H11N7OS. The van der Waals surface area contributed by atoms with E-state index in [1.165, 1.54) is 11.8 Å². The Balaban J connectivity index is 2.23. The molecule has 0 aliphatic carbocycles. The van der Waals surface area contributed by atoms with Crippen molar-refractivity contribution in [1.29, 1.82) is 0 Å². The lowest BCUT2D eigenvalue weighted by atomic mass is 10.8. The summed E-state index contributed by atoms with van der Waals surface area (Å²) in [5.41, 5.74) is 2.36. The molecule has 0 unspecified atom stereocenters. The quantitative estimate of drug-likeness (QED) is 0.519. The van der Waals surface area contributed by atoms with Crippen LogP contribution in [0.1, 0.15) is 6.92 Å². The van der Waals surface area contributed by atoms with E-state index in [0.717, 1.165) is 0 Å². The Morgan fingerprint density at radius 1 is 1.47 bits per heavy atom. The van der Waals surface area contributed by atoms with E-state index in [9.17, 15) is 0 Å². The Hall–Kier alpha value is -1.87. The summed E-state index contributed by atoms with van der Waals surface area (Å²) in [6.07, 6.45) is 3.37. The van der Waals surface area contributed by atoms with Crippen LogP contribution in [-0.4, -0.2) is 31.5 Å². The van der Waals surface area contributed by atoms with E-state index in [2.05, 4.69) is 30.3 Å². The molecule has 8 nitrogen and oxygen atoms in total. The Morgan fingerprint density at radius 2 is 2.35 bits per heavy atom. The molecule has 0 bridgehead atoms. The molecule has 0 saturated carbocycles. The fourth-order valence-corrected chi connectivity index (χ4v) is 1.70. The van der Waals surface area contributed by atoms with Gasteiger partial charge in [-0.3, -0.25) is 5.43 Å². The van der Waals surface area contributed by atoms with Crippen molar-refractivity contribution in [2.24, 2.45) is 5.84 Å². The molecule has 2 aromatic heterocycles. The van der Waals surface area contributed by atoms with Crippen LogP contribution in [0.5, 0.6) is 6.01 Å². The molecule has 2 aromatic rings. The van der Waals surface area contributed by atoms with Gasteiger partial charge in [-0.1, -0.05) is 0 Å². The van der Waals surface area contributed by atoms with Gasteiger partial charge in [-0.2, -0.15) is 15.0 Å². The average Bonchev–Trinajstić information content (AvgIpc) is 2.82. The van der Waals surface area contributed by atoms with E-state index in [4.69, 9.17) is 10.6 Å². The number of hydrazine groups is 1. The number of H-pyrrole nitrogens is 1. The zero-order valence-electron chi connectivity index (χ0n) is 9.04. The maximum Gasteiger partial charge on any atom is 0.322 e. The first-order chi connectivity index (χ1) is 8.31. The van der Waals surface area contributed by atoms with Crippen molar-refractivity contribution in [1.82, 2.24) is 24.9 Å². The second-order valence-electron chi connectivity index (χ2n) is 2.80. The van der Waals surface area contributed by atoms with Crippen LogP contribution in [0.15, 0.2) is 22.7 Å². The van der Waals surface area contributed by atoms with E-state index < -0.39 is 0 Å². The number of nitrogens with zero attached hydrogens (tertiary/aromatic N) is 4. The predicted molar refractivity (Wildman–Crippen MR) is 61.5 cm³/mol. The third-order valence-corrected chi connectivity index (χ3v) is 2.44. The normalized spacial score (nSPS) is 10.2. The number of hydrogen-bond acceptors (Lipinski definition) is 8. The number of hydrogen-bond donors (Lipinski definition) is 3. The second-order valence-corrected chi connectivity index (χ2v) is 3.75. The van der Waals surface area contributed by atoms with E-state index >= 15 is 0 Å². The average molecular weight is 253 g/mol. The van der Waals surface area contributed by atoms with Crippen molar-refractivity contribution in [3.8, 4) is 6.01 Å². The summed E-state index contributed by atoms with van der Waals surface area (Å²) in [6.45, 7) is 2.32. The van der Waals surface area contributed by atoms with Crippen molar-refractivity contribution < 1.29 is 4.74 Å². The molecule has 0 saturated heterocycles. The van der Waals surface area contributed by atoms with Crippen molar-refractivity contribution in [2.75, 3.05) is 12.0 Å². The van der Waals surface area contributed by atoms with Crippen LogP contribution in [0.3, 0.4) is 0 Å². The molecule has 0 aliphatic rings. The van der Waals surface area contributed by atoms with E-state index in [-0.39, 0.29) is 12.0 Å². The van der Waals surface area contributed by atoms with Gasteiger partial charge in [-0.05, 0) is 18.7 Å². The molecule has 0 amide bonds. The van der Waals surface area contributed by atoms with Gasteiger partial charge >= 0.3 is 6.01 Å². The molecule has 2 rings (SSSR count). The maximum absolute atomic E-state index is 5.27. The molecule has 0 aliphatic heterocycles. The van der Waals surface area contributed by atoms with Crippen LogP contribution in [0.4, 0.5) is 5.95 Å². The lowest BCUT2D eigenvalue weighted by molar-refractivity contribution is 0.308. The molecule has 17 heavy (non-hydrogen) atoms. The summed E-state index contributed by atoms with van der Waals surface area (Å²) in [5.74, 6) is 5.51. The van der Waals surface area contributed by atoms with Gasteiger partial charge in [0.2, 0.25) is 11.1 Å². The Bertz CT molecular complexity index is 475. The largest absolute Gasteiger partial charge is 0.464 e. The molecule has 0 aromatic carbocycles. The third-order valence-electron chi connectivity index (χ3n) is 1.66. The van der Waals surface area contributed by atoms with Crippen molar-refractivity contribution >= 4 is 17.7 Å². The van der Waals surface area contributed by atoms with Crippen LogP contribution in [0.25, 0.3) is 0 Å². The van der Waals surface area contributed by atoms with Crippen LogP contribution >= 0.6 is 11.8 Å². The maximum atomic E-state index is 5.27. The van der Waals surface area contributed by atoms with Crippen molar-refractivity contribution in [3.63, 3.8) is 0 Å².